The second-order valence-electron chi connectivity index (χ2n) is 4.69. The molecule has 2 fully saturated rings. The summed E-state index contributed by atoms with van der Waals surface area (Å²) in [6.45, 7) is 4.14. The predicted octanol–water partition coefficient (Wildman–Crippen LogP) is 0.987. The highest BCUT2D eigenvalue weighted by atomic mass is 16.2. The van der Waals surface area contributed by atoms with Crippen molar-refractivity contribution in [2.24, 2.45) is 0 Å². The lowest BCUT2D eigenvalue weighted by Gasteiger charge is -2.36. The van der Waals surface area contributed by atoms with Crippen molar-refractivity contribution >= 4 is 5.91 Å². The Kier molecular flexibility index (Phi) is 3.79. The molecule has 0 aliphatic carbocycles. The summed E-state index contributed by atoms with van der Waals surface area (Å²) in [6, 6.07) is 2.60. The topological polar surface area (TPSA) is 47.3 Å². The van der Waals surface area contributed by atoms with Gasteiger partial charge in [-0.1, -0.05) is 0 Å². The van der Waals surface area contributed by atoms with E-state index in [1.807, 2.05) is 11.0 Å². The molecule has 1 amide bonds. The fraction of sp³-hybridized carbons (Fsp3) is 0.833. The first-order chi connectivity index (χ1) is 7.81. The monoisotopic (exact) mass is 221 g/mol. The van der Waals surface area contributed by atoms with Gasteiger partial charge in [0.1, 0.15) is 6.42 Å². The molecule has 0 spiro atoms. The van der Waals surface area contributed by atoms with Gasteiger partial charge >= 0.3 is 0 Å². The lowest BCUT2D eigenvalue weighted by Crippen LogP contribution is -2.45. The molecule has 2 heterocycles. The molecule has 2 saturated heterocycles. The molecule has 4 nitrogen and oxygen atoms in total. The molecule has 0 radical (unpaired) electrons. The van der Waals surface area contributed by atoms with E-state index < -0.39 is 0 Å². The minimum absolute atomic E-state index is 0.00220. The summed E-state index contributed by atoms with van der Waals surface area (Å²) in [7, 11) is 0. The number of piperidine rings is 1. The summed E-state index contributed by atoms with van der Waals surface area (Å²) in [5.74, 6) is 0.00220. The number of carbonyl (C=O) groups is 1. The number of amides is 1. The normalized spacial score (nSPS) is 23.3. The fourth-order valence-corrected chi connectivity index (χ4v) is 2.77. The van der Waals surface area contributed by atoms with Gasteiger partial charge in [0, 0.05) is 19.1 Å². The molecule has 0 aromatic heterocycles. The molecule has 88 valence electrons. The van der Waals surface area contributed by atoms with Crippen LogP contribution >= 0.6 is 0 Å². The van der Waals surface area contributed by atoms with E-state index in [0.29, 0.717) is 6.04 Å². The van der Waals surface area contributed by atoms with Crippen LogP contribution in [0.1, 0.15) is 32.1 Å². The Labute approximate surface area is 96.8 Å². The first kappa shape index (κ1) is 11.4. The lowest BCUT2D eigenvalue weighted by molar-refractivity contribution is -0.131. The van der Waals surface area contributed by atoms with E-state index in [1.165, 1.54) is 25.9 Å². The maximum atomic E-state index is 11.5. The van der Waals surface area contributed by atoms with Crippen LogP contribution in [0.25, 0.3) is 0 Å². The van der Waals surface area contributed by atoms with E-state index in [0.717, 1.165) is 25.9 Å². The summed E-state index contributed by atoms with van der Waals surface area (Å²) in [4.78, 5) is 15.9. The zero-order valence-corrected chi connectivity index (χ0v) is 9.69. The maximum Gasteiger partial charge on any atom is 0.236 e. The Morgan fingerprint density at radius 1 is 1.19 bits per heavy atom. The summed E-state index contributed by atoms with van der Waals surface area (Å²) in [5.41, 5.74) is 0. The standard InChI is InChI=1S/C12H19N3O/c13-6-3-12(16)15-9-4-11(5-10-15)14-7-1-2-8-14/h11H,1-5,7-10H2. The fourth-order valence-electron chi connectivity index (χ4n) is 2.77. The molecule has 0 aromatic rings. The largest absolute Gasteiger partial charge is 0.342 e. The Morgan fingerprint density at radius 2 is 1.81 bits per heavy atom. The van der Waals surface area contributed by atoms with Gasteiger partial charge in [-0.05, 0) is 38.8 Å². The molecule has 0 atom stereocenters. The van der Waals surface area contributed by atoms with Crippen molar-refractivity contribution in [3.05, 3.63) is 0 Å². The van der Waals surface area contributed by atoms with Gasteiger partial charge in [0.25, 0.3) is 0 Å². The Morgan fingerprint density at radius 3 is 2.38 bits per heavy atom. The third-order valence-corrected chi connectivity index (χ3v) is 3.70. The van der Waals surface area contributed by atoms with Gasteiger partial charge < -0.3 is 9.80 Å². The minimum atomic E-state index is 0.00220. The SMILES string of the molecule is N#CCC(=O)N1CCC(N2CCCC2)CC1. The lowest BCUT2D eigenvalue weighted by atomic mass is 10.0. The number of nitrogens with zero attached hydrogens (tertiary/aromatic N) is 3. The predicted molar refractivity (Wildman–Crippen MR) is 60.6 cm³/mol. The summed E-state index contributed by atoms with van der Waals surface area (Å²) in [5, 5.41) is 8.49. The average molecular weight is 221 g/mol. The van der Waals surface area contributed by atoms with Gasteiger partial charge in [0.15, 0.2) is 0 Å². The molecule has 2 rings (SSSR count). The van der Waals surface area contributed by atoms with Gasteiger partial charge in [-0.25, -0.2) is 0 Å². The van der Waals surface area contributed by atoms with Crippen molar-refractivity contribution in [1.82, 2.24) is 9.80 Å². The van der Waals surface area contributed by atoms with Crippen LogP contribution < -0.4 is 0 Å². The van der Waals surface area contributed by atoms with Gasteiger partial charge in [-0.3, -0.25) is 4.79 Å². The Hall–Kier alpha value is -1.08. The quantitative estimate of drug-likeness (QED) is 0.698. The van der Waals surface area contributed by atoms with Crippen LogP contribution in [0.2, 0.25) is 0 Å². The van der Waals surface area contributed by atoms with Crippen LogP contribution in [-0.2, 0) is 4.79 Å². The maximum absolute atomic E-state index is 11.5. The zero-order valence-electron chi connectivity index (χ0n) is 9.69. The van der Waals surface area contributed by atoms with Gasteiger partial charge in [-0.2, -0.15) is 5.26 Å². The van der Waals surface area contributed by atoms with Crippen molar-refractivity contribution in [1.29, 1.82) is 5.26 Å². The molecule has 16 heavy (non-hydrogen) atoms. The third kappa shape index (κ3) is 2.53. The highest BCUT2D eigenvalue weighted by Crippen LogP contribution is 2.21. The molecular formula is C12H19N3O. The molecule has 4 heteroatoms. The van der Waals surface area contributed by atoms with Crippen molar-refractivity contribution in [2.45, 2.75) is 38.1 Å². The number of hydrogen-bond donors (Lipinski definition) is 0. The first-order valence-corrected chi connectivity index (χ1v) is 6.20. The van der Waals surface area contributed by atoms with Gasteiger partial charge in [0.05, 0.1) is 6.07 Å². The summed E-state index contributed by atoms with van der Waals surface area (Å²) in [6.07, 6.45) is 4.85. The molecule has 2 aliphatic rings. The Balaban J connectivity index is 1.78. The first-order valence-electron chi connectivity index (χ1n) is 6.20. The molecular weight excluding hydrogens is 202 g/mol. The van der Waals surface area contributed by atoms with Gasteiger partial charge in [0.2, 0.25) is 5.91 Å². The van der Waals surface area contributed by atoms with Crippen molar-refractivity contribution < 1.29 is 4.79 Å². The molecule has 0 unspecified atom stereocenters. The van der Waals surface area contributed by atoms with Crippen LogP contribution in [0, 0.1) is 11.3 Å². The smallest absolute Gasteiger partial charge is 0.236 e. The van der Waals surface area contributed by atoms with Crippen molar-refractivity contribution in [3.63, 3.8) is 0 Å². The second kappa shape index (κ2) is 5.31. The number of nitriles is 1. The van der Waals surface area contributed by atoms with Crippen LogP contribution in [0.15, 0.2) is 0 Å². The summed E-state index contributed by atoms with van der Waals surface area (Å²) < 4.78 is 0. The number of likely N-dealkylation sites (tertiary alicyclic amines) is 2. The number of rotatable bonds is 2. The molecule has 2 aliphatic heterocycles. The number of hydrogen-bond acceptors (Lipinski definition) is 3. The molecule has 0 bridgehead atoms. The van der Waals surface area contributed by atoms with E-state index >= 15 is 0 Å². The molecule has 0 aromatic carbocycles. The van der Waals surface area contributed by atoms with Crippen LogP contribution in [0.5, 0.6) is 0 Å². The van der Waals surface area contributed by atoms with Crippen LogP contribution in [0.4, 0.5) is 0 Å². The van der Waals surface area contributed by atoms with E-state index in [1.54, 1.807) is 0 Å². The Bertz CT molecular complexity index is 283. The number of carbonyl (C=O) groups excluding carboxylic acids is 1. The minimum Gasteiger partial charge on any atom is -0.342 e. The summed E-state index contributed by atoms with van der Waals surface area (Å²) >= 11 is 0. The molecule has 0 saturated carbocycles. The van der Waals surface area contributed by atoms with Crippen LogP contribution in [0.3, 0.4) is 0 Å². The van der Waals surface area contributed by atoms with E-state index in [9.17, 15) is 4.79 Å². The van der Waals surface area contributed by atoms with E-state index in [4.69, 9.17) is 5.26 Å². The third-order valence-electron chi connectivity index (χ3n) is 3.70. The second-order valence-corrected chi connectivity index (χ2v) is 4.69. The van der Waals surface area contributed by atoms with Gasteiger partial charge in [-0.15, -0.1) is 0 Å². The highest BCUT2D eigenvalue weighted by Gasteiger charge is 2.27. The average Bonchev–Trinajstić information content (AvgIpc) is 2.83. The zero-order chi connectivity index (χ0) is 11.4. The van der Waals surface area contributed by atoms with E-state index in [-0.39, 0.29) is 12.3 Å². The van der Waals surface area contributed by atoms with Crippen molar-refractivity contribution in [3.8, 4) is 6.07 Å². The highest BCUT2D eigenvalue weighted by molar-refractivity contribution is 5.78. The molecule has 0 N–H and O–H groups in total. The van der Waals surface area contributed by atoms with Crippen LogP contribution in [-0.4, -0.2) is 47.9 Å². The van der Waals surface area contributed by atoms with E-state index in [2.05, 4.69) is 4.90 Å². The van der Waals surface area contributed by atoms with Crippen molar-refractivity contribution in [2.75, 3.05) is 26.2 Å².